The van der Waals surface area contributed by atoms with Crippen LogP contribution in [0.3, 0.4) is 0 Å². The summed E-state index contributed by atoms with van der Waals surface area (Å²) in [5.41, 5.74) is 0.469. The van der Waals surface area contributed by atoms with E-state index < -0.39 is 11.5 Å². The van der Waals surface area contributed by atoms with Crippen molar-refractivity contribution < 1.29 is 14.7 Å². The Hall–Kier alpha value is -2.10. The van der Waals surface area contributed by atoms with Gasteiger partial charge in [-0.3, -0.25) is 9.59 Å². The molecule has 0 saturated heterocycles. The topological polar surface area (TPSA) is 66.4 Å². The highest BCUT2D eigenvalue weighted by atomic mass is 16.4. The maximum absolute atomic E-state index is 12.0. The molecule has 1 rings (SSSR count). The van der Waals surface area contributed by atoms with Gasteiger partial charge in [-0.2, -0.15) is 0 Å². The number of amides is 1. The molecule has 2 N–H and O–H groups in total. The Morgan fingerprint density at radius 2 is 1.82 bits per heavy atom. The lowest BCUT2D eigenvalue weighted by Gasteiger charge is -2.31. The van der Waals surface area contributed by atoms with Crippen molar-refractivity contribution in [2.24, 2.45) is 0 Å². The molecule has 0 heterocycles. The van der Waals surface area contributed by atoms with Crippen molar-refractivity contribution in [2.75, 3.05) is 0 Å². The Bertz CT molecular complexity index is 504. The average Bonchev–Trinajstić information content (AvgIpc) is 2.51. The molecule has 120 valence electrons. The van der Waals surface area contributed by atoms with Crippen LogP contribution < -0.4 is 5.32 Å². The van der Waals surface area contributed by atoms with Gasteiger partial charge in [-0.25, -0.2) is 0 Å². The lowest BCUT2D eigenvalue weighted by Crippen LogP contribution is -2.49. The molecule has 0 aliphatic rings. The van der Waals surface area contributed by atoms with Gasteiger partial charge in [-0.1, -0.05) is 56.3 Å². The van der Waals surface area contributed by atoms with Crippen molar-refractivity contribution in [1.82, 2.24) is 5.32 Å². The Kier molecular flexibility index (Phi) is 7.37. The summed E-state index contributed by atoms with van der Waals surface area (Å²) < 4.78 is 0. The van der Waals surface area contributed by atoms with Crippen molar-refractivity contribution >= 4 is 18.0 Å². The van der Waals surface area contributed by atoms with E-state index in [1.54, 1.807) is 0 Å². The number of rotatable bonds is 9. The number of carbonyl (C=O) groups is 2. The highest BCUT2D eigenvalue weighted by molar-refractivity contribution is 5.78. The second kappa shape index (κ2) is 9.03. The van der Waals surface area contributed by atoms with Gasteiger partial charge in [-0.05, 0) is 24.8 Å². The van der Waals surface area contributed by atoms with E-state index in [0.717, 1.165) is 5.56 Å². The van der Waals surface area contributed by atoms with Crippen molar-refractivity contribution in [3.8, 4) is 0 Å². The summed E-state index contributed by atoms with van der Waals surface area (Å²) in [5.74, 6) is -0.976. The van der Waals surface area contributed by atoms with Crippen LogP contribution in [0.4, 0.5) is 0 Å². The Morgan fingerprint density at radius 1 is 1.18 bits per heavy atom. The highest BCUT2D eigenvalue weighted by Gasteiger charge is 2.30. The lowest BCUT2D eigenvalue weighted by molar-refractivity contribution is -0.139. The van der Waals surface area contributed by atoms with Gasteiger partial charge >= 0.3 is 5.97 Å². The zero-order valence-corrected chi connectivity index (χ0v) is 13.3. The molecule has 0 fully saturated rings. The monoisotopic (exact) mass is 303 g/mol. The van der Waals surface area contributed by atoms with Gasteiger partial charge in [-0.15, -0.1) is 0 Å². The second-order valence-electron chi connectivity index (χ2n) is 5.46. The molecule has 0 aliphatic carbocycles. The number of carboxylic acids is 1. The van der Waals surface area contributed by atoms with Crippen LogP contribution in [-0.4, -0.2) is 22.5 Å². The Labute approximate surface area is 132 Å². The first-order valence-corrected chi connectivity index (χ1v) is 7.75. The van der Waals surface area contributed by atoms with Gasteiger partial charge in [0, 0.05) is 12.0 Å². The summed E-state index contributed by atoms with van der Waals surface area (Å²) in [6, 6.07) is 9.90. The lowest BCUT2D eigenvalue weighted by atomic mass is 9.88. The number of carbonyl (C=O) groups excluding carboxylic acids is 1. The zero-order chi connectivity index (χ0) is 16.4. The van der Waals surface area contributed by atoms with Gasteiger partial charge in [0.15, 0.2) is 0 Å². The molecule has 0 radical (unpaired) electrons. The molecule has 1 aromatic rings. The number of hydrogen-bond donors (Lipinski definition) is 2. The average molecular weight is 303 g/mol. The first kappa shape index (κ1) is 18.0. The number of allylic oxidation sites excluding steroid dienone is 1. The fourth-order valence-corrected chi connectivity index (χ4v) is 2.37. The minimum atomic E-state index is -0.882. The van der Waals surface area contributed by atoms with Crippen LogP contribution in [0.1, 0.15) is 51.5 Å². The third kappa shape index (κ3) is 6.12. The first-order valence-electron chi connectivity index (χ1n) is 7.75. The highest BCUT2D eigenvalue weighted by Crippen LogP contribution is 2.20. The van der Waals surface area contributed by atoms with E-state index in [-0.39, 0.29) is 12.3 Å². The SMILES string of the molecule is CCC(CC)(CC(=O)O)NC(=O)CC/C=C/c1ccccc1. The van der Waals surface area contributed by atoms with Gasteiger partial charge < -0.3 is 10.4 Å². The molecule has 0 atom stereocenters. The number of nitrogens with one attached hydrogen (secondary N) is 1. The molecule has 0 bridgehead atoms. The van der Waals surface area contributed by atoms with Crippen molar-refractivity contribution in [3.05, 3.63) is 42.0 Å². The van der Waals surface area contributed by atoms with Gasteiger partial charge in [0.2, 0.25) is 5.91 Å². The Morgan fingerprint density at radius 3 is 2.36 bits per heavy atom. The summed E-state index contributed by atoms with van der Waals surface area (Å²) in [5, 5.41) is 11.9. The van der Waals surface area contributed by atoms with Crippen LogP contribution in [0.2, 0.25) is 0 Å². The number of benzene rings is 1. The van der Waals surface area contributed by atoms with Crippen molar-refractivity contribution in [2.45, 2.75) is 51.5 Å². The van der Waals surface area contributed by atoms with Gasteiger partial charge in [0.25, 0.3) is 0 Å². The molecular formula is C18H25NO3. The van der Waals surface area contributed by atoms with Crippen molar-refractivity contribution in [1.29, 1.82) is 0 Å². The van der Waals surface area contributed by atoms with Crippen LogP contribution >= 0.6 is 0 Å². The standard InChI is InChI=1S/C18H25NO3/c1-3-18(4-2,14-17(21)22)19-16(20)13-9-8-12-15-10-6-5-7-11-15/h5-8,10-12H,3-4,9,13-14H2,1-2H3,(H,19,20)(H,21,22)/b12-8+. The molecule has 0 spiro atoms. The third-order valence-electron chi connectivity index (χ3n) is 3.90. The maximum atomic E-state index is 12.0. The molecule has 4 heteroatoms. The predicted molar refractivity (Wildman–Crippen MR) is 88.4 cm³/mol. The van der Waals surface area contributed by atoms with E-state index in [1.165, 1.54) is 0 Å². The van der Waals surface area contributed by atoms with Crippen molar-refractivity contribution in [3.63, 3.8) is 0 Å². The quantitative estimate of drug-likeness (QED) is 0.732. The van der Waals surface area contributed by atoms with E-state index in [1.807, 2.05) is 56.3 Å². The zero-order valence-electron chi connectivity index (χ0n) is 13.3. The molecule has 1 aromatic carbocycles. The molecule has 4 nitrogen and oxygen atoms in total. The summed E-state index contributed by atoms with van der Waals surface area (Å²) in [7, 11) is 0. The van der Waals surface area contributed by atoms with E-state index in [4.69, 9.17) is 5.11 Å². The van der Waals surface area contributed by atoms with Crippen LogP contribution in [0.25, 0.3) is 6.08 Å². The molecule has 0 aliphatic heterocycles. The van der Waals surface area contributed by atoms with Crippen LogP contribution in [-0.2, 0) is 9.59 Å². The molecule has 0 unspecified atom stereocenters. The first-order chi connectivity index (χ1) is 10.5. The minimum Gasteiger partial charge on any atom is -0.481 e. The third-order valence-corrected chi connectivity index (χ3v) is 3.90. The maximum Gasteiger partial charge on any atom is 0.305 e. The van der Waals surface area contributed by atoms with E-state index in [9.17, 15) is 9.59 Å². The van der Waals surface area contributed by atoms with E-state index in [0.29, 0.717) is 25.7 Å². The Balaban J connectivity index is 2.47. The predicted octanol–water partition coefficient (Wildman–Crippen LogP) is 3.63. The largest absolute Gasteiger partial charge is 0.481 e. The second-order valence-corrected chi connectivity index (χ2v) is 5.46. The molecule has 0 saturated carbocycles. The van der Waals surface area contributed by atoms with Crippen LogP contribution in [0, 0.1) is 0 Å². The molecule has 1 amide bonds. The number of hydrogen-bond acceptors (Lipinski definition) is 2. The summed E-state index contributed by atoms with van der Waals surface area (Å²) in [4.78, 5) is 23.0. The molecule has 22 heavy (non-hydrogen) atoms. The summed E-state index contributed by atoms with van der Waals surface area (Å²) in [6.45, 7) is 3.81. The number of carboxylic acid groups (broad SMARTS) is 1. The summed E-state index contributed by atoms with van der Waals surface area (Å²) >= 11 is 0. The molecular weight excluding hydrogens is 278 g/mol. The smallest absolute Gasteiger partial charge is 0.305 e. The fourth-order valence-electron chi connectivity index (χ4n) is 2.37. The normalized spacial score (nSPS) is 11.5. The van der Waals surface area contributed by atoms with Crippen LogP contribution in [0.5, 0.6) is 0 Å². The van der Waals surface area contributed by atoms with E-state index >= 15 is 0 Å². The fraction of sp³-hybridized carbons (Fsp3) is 0.444. The van der Waals surface area contributed by atoms with Crippen LogP contribution in [0.15, 0.2) is 36.4 Å². The minimum absolute atomic E-state index is 0.0361. The van der Waals surface area contributed by atoms with Gasteiger partial charge in [0.1, 0.15) is 0 Å². The molecule has 0 aromatic heterocycles. The summed E-state index contributed by atoms with van der Waals surface area (Å²) in [6.07, 6.45) is 6.14. The number of aliphatic carboxylic acids is 1. The van der Waals surface area contributed by atoms with Gasteiger partial charge in [0.05, 0.1) is 6.42 Å². The van der Waals surface area contributed by atoms with E-state index in [2.05, 4.69) is 5.32 Å².